The summed E-state index contributed by atoms with van der Waals surface area (Å²) in [6, 6.07) is 8.39. The second-order valence-electron chi connectivity index (χ2n) is 6.26. The predicted octanol–water partition coefficient (Wildman–Crippen LogP) is 2.09. The van der Waals surface area contributed by atoms with Crippen LogP contribution in [0.2, 0.25) is 0 Å². The minimum absolute atomic E-state index is 0. The predicted molar refractivity (Wildman–Crippen MR) is 111 cm³/mol. The topological polar surface area (TPSA) is 58.1 Å². The van der Waals surface area contributed by atoms with Gasteiger partial charge < -0.3 is 20.1 Å². The number of likely N-dealkylation sites (N-methyl/N-ethyl adjacent to an activating group) is 1. The average Bonchev–Trinajstić information content (AvgIpc) is 3.09. The smallest absolute Gasteiger partial charge is 0.191 e. The Bertz CT molecular complexity index is 570. The quantitative estimate of drug-likeness (QED) is 0.401. The molecule has 0 saturated carbocycles. The van der Waals surface area contributed by atoms with Crippen LogP contribution in [0.5, 0.6) is 11.5 Å². The van der Waals surface area contributed by atoms with Crippen molar-refractivity contribution < 1.29 is 9.47 Å². The molecule has 140 valence electrons. The number of nitrogens with one attached hydrogen (secondary N) is 2. The summed E-state index contributed by atoms with van der Waals surface area (Å²) in [6.45, 7) is 6.69. The third kappa shape index (κ3) is 5.37. The number of benzene rings is 1. The van der Waals surface area contributed by atoms with Gasteiger partial charge in [-0.15, -0.1) is 24.0 Å². The summed E-state index contributed by atoms with van der Waals surface area (Å²) < 4.78 is 11.7. The molecule has 1 fully saturated rings. The van der Waals surface area contributed by atoms with E-state index in [1.54, 1.807) is 7.05 Å². The van der Waals surface area contributed by atoms with Crippen LogP contribution in [0, 0.1) is 0 Å². The maximum atomic E-state index is 5.96. The van der Waals surface area contributed by atoms with Gasteiger partial charge >= 0.3 is 0 Å². The van der Waals surface area contributed by atoms with E-state index in [9.17, 15) is 0 Å². The van der Waals surface area contributed by atoms with E-state index in [-0.39, 0.29) is 30.1 Å². The highest BCUT2D eigenvalue weighted by Gasteiger charge is 2.23. The molecule has 2 N–H and O–H groups in total. The summed E-state index contributed by atoms with van der Waals surface area (Å²) >= 11 is 0. The lowest BCUT2D eigenvalue weighted by Gasteiger charge is -2.27. The van der Waals surface area contributed by atoms with Crippen molar-refractivity contribution >= 4 is 29.9 Å². The molecule has 2 unspecified atom stereocenters. The van der Waals surface area contributed by atoms with Crippen LogP contribution in [0.3, 0.4) is 0 Å². The highest BCUT2D eigenvalue weighted by Crippen LogP contribution is 2.30. The molecule has 2 atom stereocenters. The Kier molecular flexibility index (Phi) is 8.08. The third-order valence-corrected chi connectivity index (χ3v) is 4.70. The Morgan fingerprint density at radius 1 is 1.24 bits per heavy atom. The van der Waals surface area contributed by atoms with Crippen LogP contribution >= 0.6 is 24.0 Å². The second kappa shape index (κ2) is 10.1. The molecular formula is C18H29IN4O2. The van der Waals surface area contributed by atoms with Gasteiger partial charge in [-0.05, 0) is 38.1 Å². The number of nitrogens with zero attached hydrogens (tertiary/aromatic N) is 2. The molecule has 25 heavy (non-hydrogen) atoms. The van der Waals surface area contributed by atoms with E-state index in [0.717, 1.165) is 30.5 Å². The van der Waals surface area contributed by atoms with E-state index in [1.807, 2.05) is 24.3 Å². The number of hydrogen-bond acceptors (Lipinski definition) is 4. The molecule has 1 saturated heterocycles. The monoisotopic (exact) mass is 460 g/mol. The third-order valence-electron chi connectivity index (χ3n) is 4.70. The van der Waals surface area contributed by atoms with Gasteiger partial charge in [0.2, 0.25) is 0 Å². The highest BCUT2D eigenvalue weighted by atomic mass is 127. The Hall–Kier alpha value is -1.22. The van der Waals surface area contributed by atoms with Crippen molar-refractivity contribution in [3.05, 3.63) is 24.3 Å². The molecule has 0 spiro atoms. The zero-order chi connectivity index (χ0) is 16.8. The Morgan fingerprint density at radius 2 is 2.00 bits per heavy atom. The molecule has 6 nitrogen and oxygen atoms in total. The first kappa shape index (κ1) is 20.1. The number of ether oxygens (including phenoxy) is 2. The number of rotatable bonds is 5. The highest BCUT2D eigenvalue weighted by molar-refractivity contribution is 14.0. The van der Waals surface area contributed by atoms with E-state index < -0.39 is 0 Å². The van der Waals surface area contributed by atoms with Crippen molar-refractivity contribution in [3.8, 4) is 11.5 Å². The number of aliphatic imine (C=N–C) groups is 1. The normalized spacial score (nSPS) is 23.0. The molecule has 0 radical (unpaired) electrons. The van der Waals surface area contributed by atoms with Crippen LogP contribution in [-0.2, 0) is 0 Å². The zero-order valence-corrected chi connectivity index (χ0v) is 17.4. The lowest BCUT2D eigenvalue weighted by atomic mass is 10.2. The van der Waals surface area contributed by atoms with Gasteiger partial charge in [0.15, 0.2) is 17.5 Å². The number of guanidine groups is 1. The van der Waals surface area contributed by atoms with Crippen LogP contribution in [0.4, 0.5) is 0 Å². The lowest BCUT2D eigenvalue weighted by molar-refractivity contribution is 0.0936. The summed E-state index contributed by atoms with van der Waals surface area (Å²) in [5.41, 5.74) is 0. The van der Waals surface area contributed by atoms with Gasteiger partial charge in [-0.2, -0.15) is 0 Å². The van der Waals surface area contributed by atoms with Crippen molar-refractivity contribution in [3.63, 3.8) is 0 Å². The number of likely N-dealkylation sites (tertiary alicyclic amines) is 1. The van der Waals surface area contributed by atoms with Crippen LogP contribution in [0.25, 0.3) is 0 Å². The summed E-state index contributed by atoms with van der Waals surface area (Å²) in [5.74, 6) is 2.44. The standard InChI is InChI=1S/C18H28N4O2.HI/c1-3-22-10-6-7-14(22)11-20-18(19-2)21-12-15-13-23-16-8-4-5-9-17(16)24-15;/h4-5,8-9,14-15H,3,6-7,10-13H2,1-2H3,(H2,19,20,21);1H. The van der Waals surface area contributed by atoms with E-state index in [1.165, 1.54) is 19.4 Å². The SMILES string of the molecule is CCN1CCCC1CNC(=NC)NCC1COc2ccccc2O1.I. The van der Waals surface area contributed by atoms with Gasteiger partial charge in [-0.3, -0.25) is 9.89 Å². The first-order chi connectivity index (χ1) is 11.8. The van der Waals surface area contributed by atoms with Crippen LogP contribution in [0.1, 0.15) is 19.8 Å². The van der Waals surface area contributed by atoms with Crippen LogP contribution < -0.4 is 20.1 Å². The molecule has 0 bridgehead atoms. The Labute approximate surface area is 167 Å². The van der Waals surface area contributed by atoms with E-state index >= 15 is 0 Å². The lowest BCUT2D eigenvalue weighted by Crippen LogP contribution is -2.48. The maximum Gasteiger partial charge on any atom is 0.191 e. The number of fused-ring (bicyclic) bond motifs is 1. The van der Waals surface area contributed by atoms with Gasteiger partial charge in [0.25, 0.3) is 0 Å². The number of hydrogen-bond donors (Lipinski definition) is 2. The van der Waals surface area contributed by atoms with Gasteiger partial charge in [0.05, 0.1) is 6.54 Å². The van der Waals surface area contributed by atoms with Crippen molar-refractivity contribution in [2.24, 2.45) is 4.99 Å². The molecule has 0 aliphatic carbocycles. The molecule has 1 aromatic carbocycles. The summed E-state index contributed by atoms with van der Waals surface area (Å²) in [5, 5.41) is 6.78. The Morgan fingerprint density at radius 3 is 2.76 bits per heavy atom. The summed E-state index contributed by atoms with van der Waals surface area (Å²) in [6.07, 6.45) is 2.53. The van der Waals surface area contributed by atoms with Crippen molar-refractivity contribution in [1.29, 1.82) is 0 Å². The molecule has 7 heteroatoms. The van der Waals surface area contributed by atoms with Gasteiger partial charge in [0, 0.05) is 19.6 Å². The van der Waals surface area contributed by atoms with E-state index in [0.29, 0.717) is 19.2 Å². The van der Waals surface area contributed by atoms with Crippen molar-refractivity contribution in [1.82, 2.24) is 15.5 Å². The zero-order valence-electron chi connectivity index (χ0n) is 15.0. The minimum atomic E-state index is -0.0166. The molecule has 3 rings (SSSR count). The fraction of sp³-hybridized carbons (Fsp3) is 0.611. The molecule has 1 aromatic rings. The average molecular weight is 460 g/mol. The molecule has 0 amide bonds. The van der Waals surface area contributed by atoms with E-state index in [4.69, 9.17) is 9.47 Å². The van der Waals surface area contributed by atoms with Crippen LogP contribution in [0.15, 0.2) is 29.3 Å². The van der Waals surface area contributed by atoms with E-state index in [2.05, 4.69) is 27.4 Å². The largest absolute Gasteiger partial charge is 0.486 e. The van der Waals surface area contributed by atoms with Crippen LogP contribution in [-0.4, -0.2) is 62.8 Å². The van der Waals surface area contributed by atoms with Crippen molar-refractivity contribution in [2.45, 2.75) is 31.9 Å². The number of halogens is 1. The molecule has 2 aliphatic rings. The van der Waals surface area contributed by atoms with Gasteiger partial charge in [0.1, 0.15) is 12.7 Å². The fourth-order valence-electron chi connectivity index (χ4n) is 3.35. The minimum Gasteiger partial charge on any atom is -0.486 e. The molecular weight excluding hydrogens is 431 g/mol. The summed E-state index contributed by atoms with van der Waals surface area (Å²) in [7, 11) is 1.80. The maximum absolute atomic E-state index is 5.96. The Balaban J connectivity index is 0.00000225. The molecule has 0 aromatic heterocycles. The summed E-state index contributed by atoms with van der Waals surface area (Å²) in [4.78, 5) is 6.83. The first-order valence-corrected chi connectivity index (χ1v) is 8.87. The first-order valence-electron chi connectivity index (χ1n) is 8.87. The second-order valence-corrected chi connectivity index (χ2v) is 6.26. The van der Waals surface area contributed by atoms with Gasteiger partial charge in [-0.25, -0.2) is 0 Å². The van der Waals surface area contributed by atoms with Crippen molar-refractivity contribution in [2.75, 3.05) is 39.8 Å². The van der Waals surface area contributed by atoms with Gasteiger partial charge in [-0.1, -0.05) is 19.1 Å². The molecule has 2 heterocycles. The molecule has 2 aliphatic heterocycles. The fourth-order valence-corrected chi connectivity index (χ4v) is 3.35. The number of para-hydroxylation sites is 2.